The number of hydrogen-bond donors (Lipinski definition) is 1. The summed E-state index contributed by atoms with van der Waals surface area (Å²) < 4.78 is 10.8. The molecule has 3 heteroatoms. The van der Waals surface area contributed by atoms with Crippen LogP contribution >= 0.6 is 0 Å². The van der Waals surface area contributed by atoms with E-state index in [1.165, 1.54) is 5.56 Å². The fourth-order valence-electron chi connectivity index (χ4n) is 2.30. The van der Waals surface area contributed by atoms with Crippen LogP contribution in [-0.2, 0) is 0 Å². The maximum absolute atomic E-state index is 5.38. The van der Waals surface area contributed by atoms with E-state index in [-0.39, 0.29) is 0 Å². The predicted molar refractivity (Wildman–Crippen MR) is 84.6 cm³/mol. The summed E-state index contributed by atoms with van der Waals surface area (Å²) in [6.45, 7) is 10.0. The lowest BCUT2D eigenvalue weighted by molar-refractivity contribution is 0.301. The highest BCUT2D eigenvalue weighted by atomic mass is 16.5. The molecule has 114 valence electrons. The van der Waals surface area contributed by atoms with E-state index in [1.807, 2.05) is 6.07 Å². The van der Waals surface area contributed by atoms with Crippen molar-refractivity contribution in [2.75, 3.05) is 20.8 Å². The number of methoxy groups -OCH3 is 2. The van der Waals surface area contributed by atoms with E-state index in [9.17, 15) is 0 Å². The Morgan fingerprint density at radius 2 is 1.55 bits per heavy atom. The molecule has 0 spiro atoms. The van der Waals surface area contributed by atoms with E-state index in [0.29, 0.717) is 17.9 Å². The van der Waals surface area contributed by atoms with Crippen molar-refractivity contribution < 1.29 is 9.47 Å². The molecule has 0 aliphatic carbocycles. The van der Waals surface area contributed by atoms with Crippen LogP contribution in [0.3, 0.4) is 0 Å². The summed E-state index contributed by atoms with van der Waals surface area (Å²) in [7, 11) is 3.39. The largest absolute Gasteiger partial charge is 0.497 e. The van der Waals surface area contributed by atoms with Crippen molar-refractivity contribution in [2.45, 2.75) is 40.2 Å². The molecule has 0 bridgehead atoms. The third kappa shape index (κ3) is 4.41. The van der Waals surface area contributed by atoms with E-state index >= 15 is 0 Å². The van der Waals surface area contributed by atoms with Gasteiger partial charge in [0, 0.05) is 12.1 Å². The summed E-state index contributed by atoms with van der Waals surface area (Å²) in [6.07, 6.45) is 1.13. The molecule has 0 aliphatic heterocycles. The van der Waals surface area contributed by atoms with Gasteiger partial charge in [-0.2, -0.15) is 0 Å². The number of benzene rings is 1. The van der Waals surface area contributed by atoms with Gasteiger partial charge in [-0.15, -0.1) is 0 Å². The lowest BCUT2D eigenvalue weighted by atomic mass is 9.86. The van der Waals surface area contributed by atoms with Crippen molar-refractivity contribution in [2.24, 2.45) is 11.8 Å². The maximum atomic E-state index is 5.38. The summed E-state index contributed by atoms with van der Waals surface area (Å²) in [5.74, 6) is 2.84. The van der Waals surface area contributed by atoms with Crippen LogP contribution in [0.15, 0.2) is 18.2 Å². The molecule has 0 aliphatic rings. The maximum Gasteiger partial charge on any atom is 0.122 e. The number of hydrogen-bond acceptors (Lipinski definition) is 3. The molecule has 20 heavy (non-hydrogen) atoms. The van der Waals surface area contributed by atoms with Crippen LogP contribution in [0.1, 0.15) is 45.7 Å². The number of nitrogens with one attached hydrogen (secondary N) is 1. The van der Waals surface area contributed by atoms with Crippen LogP contribution < -0.4 is 14.8 Å². The van der Waals surface area contributed by atoms with Crippen molar-refractivity contribution >= 4 is 0 Å². The highest BCUT2D eigenvalue weighted by molar-refractivity contribution is 5.40. The Morgan fingerprint density at radius 3 is 1.95 bits per heavy atom. The second kappa shape index (κ2) is 8.15. The fourth-order valence-corrected chi connectivity index (χ4v) is 2.30. The van der Waals surface area contributed by atoms with Gasteiger partial charge < -0.3 is 14.8 Å². The van der Waals surface area contributed by atoms with Gasteiger partial charge in [-0.3, -0.25) is 0 Å². The molecule has 2 unspecified atom stereocenters. The Kier molecular flexibility index (Phi) is 6.86. The van der Waals surface area contributed by atoms with E-state index in [2.05, 4.69) is 45.1 Å². The standard InChI is InChI=1S/C17H29NO2/c1-7-8-18-17(13(4)12(2)3)14-9-15(19-5)11-16(10-14)20-6/h9-13,17-18H,7-8H2,1-6H3. The molecule has 2 atom stereocenters. The third-order valence-corrected chi connectivity index (χ3v) is 3.92. The Hall–Kier alpha value is -1.22. The number of rotatable bonds is 8. The second-order valence-electron chi connectivity index (χ2n) is 5.68. The van der Waals surface area contributed by atoms with Gasteiger partial charge >= 0.3 is 0 Å². The lowest BCUT2D eigenvalue weighted by Crippen LogP contribution is -2.30. The van der Waals surface area contributed by atoms with Crippen molar-refractivity contribution in [3.63, 3.8) is 0 Å². The minimum absolute atomic E-state index is 0.318. The van der Waals surface area contributed by atoms with Crippen molar-refractivity contribution in [3.05, 3.63) is 23.8 Å². The third-order valence-electron chi connectivity index (χ3n) is 3.92. The Labute approximate surface area is 123 Å². The zero-order valence-electron chi connectivity index (χ0n) is 13.7. The Bertz CT molecular complexity index is 382. The molecular weight excluding hydrogens is 250 g/mol. The minimum atomic E-state index is 0.318. The van der Waals surface area contributed by atoms with Crippen LogP contribution in [0.2, 0.25) is 0 Å². The van der Waals surface area contributed by atoms with Gasteiger partial charge in [0.25, 0.3) is 0 Å². The quantitative estimate of drug-likeness (QED) is 0.779. The molecule has 0 amide bonds. The molecule has 0 saturated carbocycles. The summed E-state index contributed by atoms with van der Waals surface area (Å²) in [5, 5.41) is 3.66. The van der Waals surface area contributed by atoms with E-state index in [4.69, 9.17) is 9.47 Å². The van der Waals surface area contributed by atoms with Gasteiger partial charge in [-0.05, 0) is 42.5 Å². The molecule has 0 fully saturated rings. The minimum Gasteiger partial charge on any atom is -0.497 e. The van der Waals surface area contributed by atoms with Gasteiger partial charge in [-0.25, -0.2) is 0 Å². The molecule has 0 saturated heterocycles. The molecule has 0 radical (unpaired) electrons. The highest BCUT2D eigenvalue weighted by Crippen LogP contribution is 2.32. The molecule has 1 N–H and O–H groups in total. The van der Waals surface area contributed by atoms with Gasteiger partial charge in [0.05, 0.1) is 14.2 Å². The second-order valence-corrected chi connectivity index (χ2v) is 5.68. The van der Waals surface area contributed by atoms with Crippen LogP contribution in [0.25, 0.3) is 0 Å². The van der Waals surface area contributed by atoms with Crippen molar-refractivity contribution in [1.29, 1.82) is 0 Å². The molecule has 1 aromatic carbocycles. The highest BCUT2D eigenvalue weighted by Gasteiger charge is 2.22. The molecular formula is C17H29NO2. The van der Waals surface area contributed by atoms with E-state index < -0.39 is 0 Å². The number of ether oxygens (including phenoxy) is 2. The van der Waals surface area contributed by atoms with Gasteiger partial charge in [0.2, 0.25) is 0 Å². The Morgan fingerprint density at radius 1 is 1.00 bits per heavy atom. The molecule has 1 aromatic rings. The van der Waals surface area contributed by atoms with E-state index in [1.54, 1.807) is 14.2 Å². The first-order valence-electron chi connectivity index (χ1n) is 7.49. The van der Waals surface area contributed by atoms with E-state index in [0.717, 1.165) is 24.5 Å². The van der Waals surface area contributed by atoms with Gasteiger partial charge in [-0.1, -0.05) is 27.7 Å². The van der Waals surface area contributed by atoms with Gasteiger partial charge in [0.15, 0.2) is 0 Å². The lowest BCUT2D eigenvalue weighted by Gasteiger charge is -2.29. The summed E-state index contributed by atoms with van der Waals surface area (Å²) in [6, 6.07) is 6.45. The van der Waals surface area contributed by atoms with Crippen molar-refractivity contribution in [3.8, 4) is 11.5 Å². The predicted octanol–water partition coefficient (Wildman–Crippen LogP) is 4.04. The zero-order valence-corrected chi connectivity index (χ0v) is 13.7. The molecule has 3 nitrogen and oxygen atoms in total. The normalized spacial score (nSPS) is 14.2. The average Bonchev–Trinajstić information content (AvgIpc) is 2.46. The van der Waals surface area contributed by atoms with Crippen LogP contribution in [0, 0.1) is 11.8 Å². The first-order valence-corrected chi connectivity index (χ1v) is 7.49. The zero-order chi connectivity index (χ0) is 15.1. The van der Waals surface area contributed by atoms with Gasteiger partial charge in [0.1, 0.15) is 11.5 Å². The van der Waals surface area contributed by atoms with Crippen LogP contribution in [-0.4, -0.2) is 20.8 Å². The first kappa shape index (κ1) is 16.8. The first-order chi connectivity index (χ1) is 9.53. The fraction of sp³-hybridized carbons (Fsp3) is 0.647. The molecule has 0 aromatic heterocycles. The molecule has 1 rings (SSSR count). The Balaban J connectivity index is 3.10. The summed E-state index contributed by atoms with van der Waals surface area (Å²) in [5.41, 5.74) is 1.23. The topological polar surface area (TPSA) is 30.5 Å². The SMILES string of the molecule is CCCNC(c1cc(OC)cc(OC)c1)C(C)C(C)C. The van der Waals surface area contributed by atoms with Crippen molar-refractivity contribution in [1.82, 2.24) is 5.32 Å². The smallest absolute Gasteiger partial charge is 0.122 e. The summed E-state index contributed by atoms with van der Waals surface area (Å²) >= 11 is 0. The van der Waals surface area contributed by atoms with Crippen LogP contribution in [0.4, 0.5) is 0 Å². The van der Waals surface area contributed by atoms with Crippen LogP contribution in [0.5, 0.6) is 11.5 Å². The summed E-state index contributed by atoms with van der Waals surface area (Å²) in [4.78, 5) is 0. The average molecular weight is 279 g/mol. The molecule has 0 heterocycles. The monoisotopic (exact) mass is 279 g/mol.